The molecule has 1 saturated carbocycles. The number of aliphatic hydroxyl groups excluding tert-OH is 1. The minimum Gasteiger partial charge on any atom is -0.395 e. The van der Waals surface area contributed by atoms with E-state index in [0.29, 0.717) is 6.54 Å². The van der Waals surface area contributed by atoms with Gasteiger partial charge in [0.05, 0.1) is 13.2 Å². The average Bonchev–Trinajstić information content (AvgIpc) is 2.81. The van der Waals surface area contributed by atoms with Crippen molar-refractivity contribution in [3.05, 3.63) is 0 Å². The van der Waals surface area contributed by atoms with Crippen molar-refractivity contribution in [3.8, 4) is 0 Å². The topological polar surface area (TPSA) is 81.7 Å². The van der Waals surface area contributed by atoms with Crippen LogP contribution < -0.4 is 10.6 Å². The molecule has 6 nitrogen and oxygen atoms in total. The molecule has 1 fully saturated rings. The predicted molar refractivity (Wildman–Crippen MR) is 72.7 cm³/mol. The summed E-state index contributed by atoms with van der Waals surface area (Å²) in [5, 5.41) is 14.0. The third-order valence-corrected chi connectivity index (χ3v) is 3.27. The summed E-state index contributed by atoms with van der Waals surface area (Å²) in [7, 11) is 0. The molecule has 0 aliphatic heterocycles. The zero-order chi connectivity index (χ0) is 14.1. The van der Waals surface area contributed by atoms with Crippen molar-refractivity contribution in [2.24, 2.45) is 0 Å². The first-order valence-electron chi connectivity index (χ1n) is 7.09. The van der Waals surface area contributed by atoms with Crippen LogP contribution in [0.5, 0.6) is 0 Å². The summed E-state index contributed by atoms with van der Waals surface area (Å²) in [5.41, 5.74) is 0. The van der Waals surface area contributed by atoms with E-state index < -0.39 is 6.03 Å². The number of urea groups is 1. The van der Waals surface area contributed by atoms with Crippen molar-refractivity contribution in [1.29, 1.82) is 0 Å². The van der Waals surface area contributed by atoms with Gasteiger partial charge in [-0.2, -0.15) is 0 Å². The van der Waals surface area contributed by atoms with Gasteiger partial charge in [0.2, 0.25) is 5.91 Å². The highest BCUT2D eigenvalue weighted by Gasteiger charge is 2.18. The van der Waals surface area contributed by atoms with Crippen LogP contribution in [0.1, 0.15) is 39.0 Å². The Morgan fingerprint density at radius 2 is 1.95 bits per heavy atom. The Bertz CT molecular complexity index is 285. The number of hydrogen-bond donors (Lipinski definition) is 3. The molecule has 0 aromatic heterocycles. The molecule has 110 valence electrons. The second kappa shape index (κ2) is 8.87. The molecule has 19 heavy (non-hydrogen) atoms. The Balaban J connectivity index is 2.25. The number of nitrogens with one attached hydrogen (secondary N) is 2. The lowest BCUT2D eigenvalue weighted by atomic mass is 10.2. The van der Waals surface area contributed by atoms with E-state index in [9.17, 15) is 9.59 Å². The summed E-state index contributed by atoms with van der Waals surface area (Å²) >= 11 is 0. The minimum atomic E-state index is -0.405. The number of amides is 3. The maximum atomic E-state index is 11.7. The molecule has 1 rings (SSSR count). The minimum absolute atomic E-state index is 0.0154. The number of aliphatic hydroxyl groups is 1. The van der Waals surface area contributed by atoms with Crippen molar-refractivity contribution in [3.63, 3.8) is 0 Å². The lowest BCUT2D eigenvalue weighted by Crippen LogP contribution is -2.47. The second-order valence-electron chi connectivity index (χ2n) is 5.00. The molecule has 0 saturated heterocycles. The first kappa shape index (κ1) is 15.9. The molecule has 0 spiro atoms. The van der Waals surface area contributed by atoms with Gasteiger partial charge in [-0.15, -0.1) is 0 Å². The summed E-state index contributed by atoms with van der Waals surface area (Å²) in [6, 6.07) is -0.200. The van der Waals surface area contributed by atoms with Crippen LogP contribution in [0.3, 0.4) is 0 Å². The third-order valence-electron chi connectivity index (χ3n) is 3.27. The molecule has 6 heteroatoms. The fourth-order valence-corrected chi connectivity index (χ4v) is 2.39. The number of carbonyl (C=O) groups is 2. The van der Waals surface area contributed by atoms with Crippen LogP contribution >= 0.6 is 0 Å². The molecule has 3 amide bonds. The monoisotopic (exact) mass is 271 g/mol. The van der Waals surface area contributed by atoms with E-state index in [-0.39, 0.29) is 25.1 Å². The fourth-order valence-electron chi connectivity index (χ4n) is 2.39. The maximum Gasteiger partial charge on any atom is 0.321 e. The smallest absolute Gasteiger partial charge is 0.321 e. The van der Waals surface area contributed by atoms with Crippen molar-refractivity contribution in [2.75, 3.05) is 26.2 Å². The maximum absolute atomic E-state index is 11.7. The van der Waals surface area contributed by atoms with Crippen LogP contribution in [-0.4, -0.2) is 54.2 Å². The van der Waals surface area contributed by atoms with Gasteiger partial charge in [-0.05, 0) is 25.8 Å². The van der Waals surface area contributed by atoms with E-state index in [4.69, 9.17) is 5.11 Å². The average molecular weight is 271 g/mol. The third kappa shape index (κ3) is 6.54. The van der Waals surface area contributed by atoms with E-state index in [0.717, 1.165) is 38.6 Å². The van der Waals surface area contributed by atoms with Crippen LogP contribution in [0.2, 0.25) is 0 Å². The molecule has 0 atom stereocenters. The van der Waals surface area contributed by atoms with Crippen LogP contribution in [0.15, 0.2) is 0 Å². The highest BCUT2D eigenvalue weighted by Crippen LogP contribution is 2.17. The Morgan fingerprint density at radius 1 is 1.26 bits per heavy atom. The molecule has 0 heterocycles. The molecule has 1 aliphatic rings. The molecule has 0 aromatic carbocycles. The fraction of sp³-hybridized carbons (Fsp3) is 0.846. The van der Waals surface area contributed by atoms with E-state index in [1.54, 1.807) is 0 Å². The summed E-state index contributed by atoms with van der Waals surface area (Å²) < 4.78 is 0. The normalized spacial score (nSPS) is 15.7. The summed E-state index contributed by atoms with van der Waals surface area (Å²) in [6.45, 7) is 3.35. The molecular weight excluding hydrogens is 246 g/mol. The van der Waals surface area contributed by atoms with E-state index in [2.05, 4.69) is 10.6 Å². The number of imide groups is 1. The summed E-state index contributed by atoms with van der Waals surface area (Å²) in [6.07, 6.45) is 5.17. The van der Waals surface area contributed by atoms with Gasteiger partial charge in [0.15, 0.2) is 0 Å². The zero-order valence-corrected chi connectivity index (χ0v) is 11.7. The standard InChI is InChI=1S/C13H25N3O3/c1-2-7-16(8-9-17)10-12(18)15-13(19)14-11-5-3-4-6-11/h11,17H,2-10H2,1H3,(H2,14,15,18,19). The van der Waals surface area contributed by atoms with Gasteiger partial charge in [-0.3, -0.25) is 15.0 Å². The molecule has 1 aliphatic carbocycles. The molecular formula is C13H25N3O3. The Labute approximate surface area is 114 Å². The van der Waals surface area contributed by atoms with Crippen molar-refractivity contribution < 1.29 is 14.7 Å². The number of nitrogens with zero attached hydrogens (tertiary/aromatic N) is 1. The van der Waals surface area contributed by atoms with Crippen LogP contribution in [0.25, 0.3) is 0 Å². The predicted octanol–water partition coefficient (Wildman–Crippen LogP) is 0.459. The Kier molecular flexibility index (Phi) is 7.43. The highest BCUT2D eigenvalue weighted by molar-refractivity contribution is 5.95. The van der Waals surface area contributed by atoms with Gasteiger partial charge in [0, 0.05) is 12.6 Å². The van der Waals surface area contributed by atoms with Crippen molar-refractivity contribution >= 4 is 11.9 Å². The van der Waals surface area contributed by atoms with Gasteiger partial charge >= 0.3 is 6.03 Å². The van der Waals surface area contributed by atoms with Crippen LogP contribution in [0.4, 0.5) is 4.79 Å². The largest absolute Gasteiger partial charge is 0.395 e. The van der Waals surface area contributed by atoms with Crippen molar-refractivity contribution in [1.82, 2.24) is 15.5 Å². The lowest BCUT2D eigenvalue weighted by molar-refractivity contribution is -0.121. The van der Waals surface area contributed by atoms with Crippen LogP contribution in [-0.2, 0) is 4.79 Å². The summed E-state index contributed by atoms with van der Waals surface area (Å²) in [4.78, 5) is 25.1. The van der Waals surface area contributed by atoms with Gasteiger partial charge in [0.25, 0.3) is 0 Å². The molecule has 0 bridgehead atoms. The molecule has 0 radical (unpaired) electrons. The number of rotatable bonds is 7. The summed E-state index contributed by atoms with van der Waals surface area (Å²) in [5.74, 6) is -0.322. The van der Waals surface area contributed by atoms with Gasteiger partial charge in [0.1, 0.15) is 0 Å². The first-order chi connectivity index (χ1) is 9.15. The van der Waals surface area contributed by atoms with E-state index >= 15 is 0 Å². The van der Waals surface area contributed by atoms with Gasteiger partial charge in [-0.25, -0.2) is 4.79 Å². The first-order valence-corrected chi connectivity index (χ1v) is 7.09. The lowest BCUT2D eigenvalue weighted by Gasteiger charge is -2.20. The van der Waals surface area contributed by atoms with E-state index in [1.807, 2.05) is 11.8 Å². The SMILES string of the molecule is CCCN(CCO)CC(=O)NC(=O)NC1CCCC1. The number of hydrogen-bond acceptors (Lipinski definition) is 4. The van der Waals surface area contributed by atoms with Crippen LogP contribution in [0, 0.1) is 0 Å². The van der Waals surface area contributed by atoms with E-state index in [1.165, 1.54) is 0 Å². The highest BCUT2D eigenvalue weighted by atomic mass is 16.3. The molecule has 0 unspecified atom stereocenters. The second-order valence-corrected chi connectivity index (χ2v) is 5.00. The van der Waals surface area contributed by atoms with Gasteiger partial charge < -0.3 is 10.4 Å². The van der Waals surface area contributed by atoms with Crippen molar-refractivity contribution in [2.45, 2.75) is 45.1 Å². The van der Waals surface area contributed by atoms with Gasteiger partial charge in [-0.1, -0.05) is 19.8 Å². The zero-order valence-electron chi connectivity index (χ0n) is 11.7. The Hall–Kier alpha value is -1.14. The molecule has 3 N–H and O–H groups in total. The number of carbonyl (C=O) groups excluding carboxylic acids is 2. The quantitative estimate of drug-likeness (QED) is 0.628. The Morgan fingerprint density at radius 3 is 2.53 bits per heavy atom. The molecule has 0 aromatic rings.